The van der Waals surface area contributed by atoms with Crippen LogP contribution in [0.25, 0.3) is 6.08 Å². The largest absolute Gasteiger partial charge is 0.483 e. The topological polar surface area (TPSA) is 64.3 Å². The van der Waals surface area contributed by atoms with E-state index in [1.54, 1.807) is 0 Å². The Hall–Kier alpha value is -2.56. The number of ether oxygens (including phenoxy) is 1. The van der Waals surface area contributed by atoms with E-state index in [4.69, 9.17) is 10.5 Å². The van der Waals surface area contributed by atoms with E-state index < -0.39 is 0 Å². The van der Waals surface area contributed by atoms with Gasteiger partial charge in [0.1, 0.15) is 17.2 Å². The van der Waals surface area contributed by atoms with Crippen molar-refractivity contribution in [1.82, 2.24) is 9.97 Å². The molecule has 0 unspecified atom stereocenters. The molecule has 1 fully saturated rings. The molecule has 1 aromatic carbocycles. The molecule has 2 aliphatic heterocycles. The minimum atomic E-state index is -0.212. The number of para-hydroxylation sites is 1. The lowest BCUT2D eigenvalue weighted by Gasteiger charge is -2.34. The highest BCUT2D eigenvalue weighted by Gasteiger charge is 2.35. The molecule has 124 valence electrons. The van der Waals surface area contributed by atoms with Crippen molar-refractivity contribution in [3.8, 4) is 5.75 Å². The van der Waals surface area contributed by atoms with Gasteiger partial charge in [0.2, 0.25) is 5.95 Å². The van der Waals surface area contributed by atoms with Gasteiger partial charge in [-0.15, -0.1) is 0 Å². The summed E-state index contributed by atoms with van der Waals surface area (Å²) in [4.78, 5) is 10.9. The first-order chi connectivity index (χ1) is 11.6. The van der Waals surface area contributed by atoms with Gasteiger partial charge in [-0.2, -0.15) is 4.98 Å². The van der Waals surface area contributed by atoms with Crippen molar-refractivity contribution < 1.29 is 4.74 Å². The van der Waals surface area contributed by atoms with Gasteiger partial charge in [-0.1, -0.05) is 24.3 Å². The van der Waals surface area contributed by atoms with Crippen LogP contribution in [-0.4, -0.2) is 28.7 Å². The van der Waals surface area contributed by atoms with Gasteiger partial charge < -0.3 is 15.4 Å². The molecule has 5 heteroatoms. The molecule has 3 heterocycles. The highest BCUT2D eigenvalue weighted by atomic mass is 16.5. The van der Waals surface area contributed by atoms with E-state index in [1.165, 1.54) is 0 Å². The molecule has 2 N–H and O–H groups in total. The summed E-state index contributed by atoms with van der Waals surface area (Å²) >= 11 is 0. The van der Waals surface area contributed by atoms with Gasteiger partial charge in [0.15, 0.2) is 0 Å². The van der Waals surface area contributed by atoms with E-state index in [0.29, 0.717) is 5.95 Å². The van der Waals surface area contributed by atoms with Crippen molar-refractivity contribution in [1.29, 1.82) is 0 Å². The average Bonchev–Trinajstić information content (AvgIpc) is 2.77. The Morgan fingerprint density at radius 3 is 2.92 bits per heavy atom. The Kier molecular flexibility index (Phi) is 3.63. The molecule has 2 aliphatic rings. The Labute approximate surface area is 142 Å². The molecular formula is C19H22N4O. The van der Waals surface area contributed by atoms with Gasteiger partial charge in [0, 0.05) is 36.8 Å². The van der Waals surface area contributed by atoms with Gasteiger partial charge >= 0.3 is 0 Å². The van der Waals surface area contributed by atoms with Crippen molar-refractivity contribution in [2.75, 3.05) is 23.7 Å². The zero-order valence-corrected chi connectivity index (χ0v) is 13.9. The van der Waals surface area contributed by atoms with Crippen LogP contribution in [0.15, 0.2) is 36.4 Å². The fraction of sp³-hybridized carbons (Fsp3) is 0.368. The maximum absolute atomic E-state index is 6.40. The number of benzene rings is 1. The van der Waals surface area contributed by atoms with E-state index >= 15 is 0 Å². The summed E-state index contributed by atoms with van der Waals surface area (Å²) in [6.45, 7) is 3.80. The van der Waals surface area contributed by atoms with Crippen LogP contribution < -0.4 is 15.4 Å². The van der Waals surface area contributed by atoms with Gasteiger partial charge in [-0.05, 0) is 31.9 Å². The van der Waals surface area contributed by atoms with E-state index in [-0.39, 0.29) is 5.60 Å². The molecule has 4 rings (SSSR count). The van der Waals surface area contributed by atoms with Gasteiger partial charge in [0.05, 0.1) is 0 Å². The summed E-state index contributed by atoms with van der Waals surface area (Å²) in [5.41, 5.74) is 7.66. The number of rotatable bonds is 1. The first-order valence-electron chi connectivity index (χ1n) is 8.47. The molecule has 5 nitrogen and oxygen atoms in total. The third-order valence-electron chi connectivity index (χ3n) is 4.81. The standard InChI is InChI=1S/C19H22N4O/c1-14-13-17(22-18(20)21-14)23-11-4-8-19(10-12-23)9-7-15-5-2-3-6-16(15)24-19/h2-3,5-7,9,13H,4,8,10-12H2,1H3,(H2,20,21,22)/t19-/m0/s1. The van der Waals surface area contributed by atoms with Crippen LogP contribution in [0.3, 0.4) is 0 Å². The summed E-state index contributed by atoms with van der Waals surface area (Å²) in [5.74, 6) is 2.24. The molecule has 1 atom stereocenters. The Morgan fingerprint density at radius 2 is 2.04 bits per heavy atom. The SMILES string of the molecule is Cc1cc(N2CCC[C@]3(C=Cc4ccccc4O3)CC2)nc(N)n1. The maximum atomic E-state index is 6.40. The highest BCUT2D eigenvalue weighted by molar-refractivity contribution is 5.61. The van der Waals surface area contributed by atoms with Crippen LogP contribution in [0.4, 0.5) is 11.8 Å². The number of hydrogen-bond donors (Lipinski definition) is 1. The maximum Gasteiger partial charge on any atom is 0.222 e. The highest BCUT2D eigenvalue weighted by Crippen LogP contribution is 2.37. The fourth-order valence-electron chi connectivity index (χ4n) is 3.57. The summed E-state index contributed by atoms with van der Waals surface area (Å²) in [6, 6.07) is 10.2. The van der Waals surface area contributed by atoms with Crippen LogP contribution in [0.5, 0.6) is 5.75 Å². The molecule has 0 saturated carbocycles. The van der Waals surface area contributed by atoms with Gasteiger partial charge in [0.25, 0.3) is 0 Å². The number of nitrogens with zero attached hydrogens (tertiary/aromatic N) is 3. The number of aromatic nitrogens is 2. The van der Waals surface area contributed by atoms with Crippen molar-refractivity contribution in [2.24, 2.45) is 0 Å². The molecular weight excluding hydrogens is 300 g/mol. The van der Waals surface area contributed by atoms with Crippen LogP contribution in [0.2, 0.25) is 0 Å². The summed E-state index contributed by atoms with van der Waals surface area (Å²) < 4.78 is 6.40. The lowest BCUT2D eigenvalue weighted by Crippen LogP contribution is -2.37. The first-order valence-corrected chi connectivity index (χ1v) is 8.47. The number of anilines is 2. The van der Waals surface area contributed by atoms with E-state index in [1.807, 2.05) is 25.1 Å². The second kappa shape index (κ2) is 5.82. The van der Waals surface area contributed by atoms with Gasteiger partial charge in [-0.25, -0.2) is 4.98 Å². The second-order valence-corrected chi connectivity index (χ2v) is 6.60. The molecule has 0 aliphatic carbocycles. The van der Waals surface area contributed by atoms with Crippen molar-refractivity contribution >= 4 is 17.8 Å². The molecule has 0 amide bonds. The smallest absolute Gasteiger partial charge is 0.222 e. The zero-order valence-electron chi connectivity index (χ0n) is 13.9. The molecule has 0 bridgehead atoms. The minimum absolute atomic E-state index is 0.212. The average molecular weight is 322 g/mol. The van der Waals surface area contributed by atoms with Crippen LogP contribution in [-0.2, 0) is 0 Å². The van der Waals surface area contributed by atoms with E-state index in [2.05, 4.69) is 39.2 Å². The summed E-state index contributed by atoms with van der Waals surface area (Å²) in [5, 5.41) is 0. The Bertz CT molecular complexity index is 768. The van der Waals surface area contributed by atoms with Crippen LogP contribution in [0.1, 0.15) is 30.5 Å². The second-order valence-electron chi connectivity index (χ2n) is 6.60. The van der Waals surface area contributed by atoms with Crippen LogP contribution >= 0.6 is 0 Å². The predicted molar refractivity (Wildman–Crippen MR) is 96.1 cm³/mol. The number of aryl methyl sites for hydroxylation is 1. The van der Waals surface area contributed by atoms with Crippen LogP contribution in [0, 0.1) is 6.92 Å². The molecule has 1 aromatic heterocycles. The first kappa shape index (κ1) is 15.0. The monoisotopic (exact) mass is 322 g/mol. The van der Waals surface area contributed by atoms with E-state index in [9.17, 15) is 0 Å². The molecule has 1 saturated heterocycles. The summed E-state index contributed by atoms with van der Waals surface area (Å²) in [7, 11) is 0. The number of fused-ring (bicyclic) bond motifs is 1. The predicted octanol–water partition coefficient (Wildman–Crippen LogP) is 3.20. The lowest BCUT2D eigenvalue weighted by molar-refractivity contribution is 0.104. The lowest BCUT2D eigenvalue weighted by atomic mass is 9.91. The minimum Gasteiger partial charge on any atom is -0.483 e. The third-order valence-corrected chi connectivity index (χ3v) is 4.81. The molecule has 1 spiro atoms. The molecule has 2 aromatic rings. The molecule has 0 radical (unpaired) electrons. The Morgan fingerprint density at radius 1 is 1.17 bits per heavy atom. The van der Waals surface area contributed by atoms with Gasteiger partial charge in [-0.3, -0.25) is 0 Å². The quantitative estimate of drug-likeness (QED) is 0.873. The third kappa shape index (κ3) is 2.82. The summed E-state index contributed by atoms with van der Waals surface area (Å²) in [6.07, 6.45) is 7.42. The molecule has 24 heavy (non-hydrogen) atoms. The zero-order chi connectivity index (χ0) is 16.6. The fourth-order valence-corrected chi connectivity index (χ4v) is 3.57. The van der Waals surface area contributed by atoms with Crippen molar-refractivity contribution in [2.45, 2.75) is 31.8 Å². The normalized spacial score (nSPS) is 22.8. The van der Waals surface area contributed by atoms with Crippen molar-refractivity contribution in [3.63, 3.8) is 0 Å². The van der Waals surface area contributed by atoms with Crippen molar-refractivity contribution in [3.05, 3.63) is 47.7 Å². The number of nitrogen functional groups attached to an aromatic ring is 1. The number of hydrogen-bond acceptors (Lipinski definition) is 5. The number of nitrogens with two attached hydrogens (primary N) is 1. The van der Waals surface area contributed by atoms with E-state index in [0.717, 1.165) is 55.2 Å². The Balaban J connectivity index is 1.55.